The Morgan fingerprint density at radius 3 is 2.67 bits per heavy atom. The highest BCUT2D eigenvalue weighted by Crippen LogP contribution is 2.25. The monoisotopic (exact) mass is 248 g/mol. The highest BCUT2D eigenvalue weighted by atomic mass is 16.5. The molecule has 1 N–H and O–H groups in total. The van der Waals surface area contributed by atoms with Crippen molar-refractivity contribution in [2.24, 2.45) is 0 Å². The summed E-state index contributed by atoms with van der Waals surface area (Å²) in [4.78, 5) is 0. The molecule has 100 valence electrons. The van der Waals surface area contributed by atoms with Crippen molar-refractivity contribution < 1.29 is 4.74 Å². The molecule has 0 aliphatic carbocycles. The van der Waals surface area contributed by atoms with Gasteiger partial charge in [0.25, 0.3) is 0 Å². The van der Waals surface area contributed by atoms with E-state index in [1.807, 2.05) is 19.1 Å². The lowest BCUT2D eigenvalue weighted by Gasteiger charge is -2.31. The van der Waals surface area contributed by atoms with Crippen LogP contribution in [0.4, 0.5) is 0 Å². The Morgan fingerprint density at radius 1 is 1.22 bits per heavy atom. The van der Waals surface area contributed by atoms with E-state index in [9.17, 15) is 0 Å². The van der Waals surface area contributed by atoms with Crippen molar-refractivity contribution in [2.75, 3.05) is 19.7 Å². The molecule has 1 heterocycles. The summed E-state index contributed by atoms with van der Waals surface area (Å²) in [5.74, 6) is 0.997. The molecule has 0 saturated carbocycles. The minimum atomic E-state index is 0.297. The zero-order valence-corrected chi connectivity index (χ0v) is 11.5. The quantitative estimate of drug-likeness (QED) is 0.866. The van der Waals surface area contributed by atoms with E-state index in [4.69, 9.17) is 4.74 Å². The zero-order valence-electron chi connectivity index (χ0n) is 11.5. The summed E-state index contributed by atoms with van der Waals surface area (Å²) in [5.41, 5.74) is 4.83. The molecule has 0 aromatic heterocycles. The fourth-order valence-electron chi connectivity index (χ4n) is 2.49. The van der Waals surface area contributed by atoms with Crippen LogP contribution in [0.5, 0.6) is 5.75 Å². The molecular weight excluding hydrogens is 224 g/mol. The number of benzene rings is 1. The second-order valence-electron chi connectivity index (χ2n) is 4.87. The Labute approximate surface area is 110 Å². The Morgan fingerprint density at radius 2 is 1.94 bits per heavy atom. The summed E-state index contributed by atoms with van der Waals surface area (Å²) >= 11 is 0. The van der Waals surface area contributed by atoms with Crippen LogP contribution in [-0.4, -0.2) is 24.7 Å². The number of nitrogens with one attached hydrogen (secondary N) is 1. The van der Waals surface area contributed by atoms with Crippen LogP contribution in [0, 0.1) is 0 Å². The Bertz CT molecular complexity index is 361. The minimum absolute atomic E-state index is 0.297. The van der Waals surface area contributed by atoms with Crippen LogP contribution in [0.3, 0.4) is 0 Å². The van der Waals surface area contributed by atoms with E-state index >= 15 is 0 Å². The van der Waals surface area contributed by atoms with Crippen LogP contribution in [0.1, 0.15) is 44.7 Å². The van der Waals surface area contributed by atoms with Gasteiger partial charge in [-0.1, -0.05) is 24.6 Å². The zero-order chi connectivity index (χ0) is 12.8. The van der Waals surface area contributed by atoms with Crippen molar-refractivity contribution in [2.45, 2.75) is 39.2 Å². The lowest BCUT2D eigenvalue weighted by molar-refractivity contribution is 0.132. The molecule has 18 heavy (non-hydrogen) atoms. The van der Waals surface area contributed by atoms with Crippen LogP contribution in [0.25, 0.3) is 0 Å². The third-order valence-electron chi connectivity index (χ3n) is 3.42. The molecule has 1 aliphatic rings. The maximum atomic E-state index is 5.69. The van der Waals surface area contributed by atoms with Gasteiger partial charge in [-0.15, -0.1) is 0 Å². The van der Waals surface area contributed by atoms with Crippen LogP contribution in [0.2, 0.25) is 0 Å². The fourth-order valence-corrected chi connectivity index (χ4v) is 2.49. The van der Waals surface area contributed by atoms with E-state index in [2.05, 4.69) is 29.5 Å². The molecule has 0 spiro atoms. The van der Waals surface area contributed by atoms with Gasteiger partial charge < -0.3 is 4.74 Å². The predicted molar refractivity (Wildman–Crippen MR) is 74.6 cm³/mol. The number of rotatable bonds is 5. The molecule has 1 aromatic rings. The molecule has 1 saturated heterocycles. The predicted octanol–water partition coefficient (Wildman–Crippen LogP) is 3.14. The van der Waals surface area contributed by atoms with Crippen molar-refractivity contribution in [1.29, 1.82) is 0 Å². The van der Waals surface area contributed by atoms with Gasteiger partial charge in [0.15, 0.2) is 0 Å². The van der Waals surface area contributed by atoms with Crippen molar-refractivity contribution in [1.82, 2.24) is 10.4 Å². The molecule has 3 nitrogen and oxygen atoms in total. The number of para-hydroxylation sites is 1. The number of hydrogen-bond acceptors (Lipinski definition) is 3. The summed E-state index contributed by atoms with van der Waals surface area (Å²) in [6.07, 6.45) is 3.96. The number of hydrogen-bond donors (Lipinski definition) is 1. The van der Waals surface area contributed by atoms with E-state index in [0.717, 1.165) is 18.8 Å². The molecule has 2 rings (SSSR count). The molecule has 1 unspecified atom stereocenters. The van der Waals surface area contributed by atoms with E-state index in [1.54, 1.807) is 0 Å². The first kappa shape index (κ1) is 13.4. The van der Waals surface area contributed by atoms with Crippen molar-refractivity contribution in [3.63, 3.8) is 0 Å². The fraction of sp³-hybridized carbons (Fsp3) is 0.600. The van der Waals surface area contributed by atoms with Gasteiger partial charge in [0.2, 0.25) is 0 Å². The SMILES string of the molecule is CCOc1ccccc1C(C)NN1CCCCC1. The van der Waals surface area contributed by atoms with Gasteiger partial charge in [-0.3, -0.25) is 0 Å². The van der Waals surface area contributed by atoms with E-state index in [1.165, 1.54) is 24.8 Å². The van der Waals surface area contributed by atoms with Gasteiger partial charge in [-0.05, 0) is 32.8 Å². The normalized spacial score (nSPS) is 18.6. The van der Waals surface area contributed by atoms with Gasteiger partial charge >= 0.3 is 0 Å². The lowest BCUT2D eigenvalue weighted by atomic mass is 10.1. The molecule has 1 atom stereocenters. The lowest BCUT2D eigenvalue weighted by Crippen LogP contribution is -2.42. The first-order chi connectivity index (χ1) is 8.81. The summed E-state index contributed by atoms with van der Waals surface area (Å²) < 4.78 is 5.69. The smallest absolute Gasteiger partial charge is 0.124 e. The van der Waals surface area contributed by atoms with Crippen LogP contribution in [-0.2, 0) is 0 Å². The molecule has 1 fully saturated rings. The third kappa shape index (κ3) is 3.47. The summed E-state index contributed by atoms with van der Waals surface area (Å²) in [6, 6.07) is 8.60. The van der Waals surface area contributed by atoms with Crippen LogP contribution in [0.15, 0.2) is 24.3 Å². The largest absolute Gasteiger partial charge is 0.494 e. The maximum Gasteiger partial charge on any atom is 0.124 e. The minimum Gasteiger partial charge on any atom is -0.494 e. The molecular formula is C15H24N2O. The summed E-state index contributed by atoms with van der Waals surface area (Å²) in [6.45, 7) is 7.25. The Kier molecular flexibility index (Phi) is 5.02. The first-order valence-electron chi connectivity index (χ1n) is 7.04. The highest BCUT2D eigenvalue weighted by molar-refractivity contribution is 5.35. The van der Waals surface area contributed by atoms with Crippen LogP contribution >= 0.6 is 0 Å². The van der Waals surface area contributed by atoms with Crippen LogP contribution < -0.4 is 10.2 Å². The standard InChI is InChI=1S/C15H24N2O/c1-3-18-15-10-6-5-9-14(15)13(2)16-17-11-7-4-8-12-17/h5-6,9-10,13,16H,3-4,7-8,11-12H2,1-2H3. The van der Waals surface area contributed by atoms with Gasteiger partial charge in [-0.25, -0.2) is 10.4 Å². The number of piperidine rings is 1. The van der Waals surface area contributed by atoms with Gasteiger partial charge in [0.1, 0.15) is 5.75 Å². The van der Waals surface area contributed by atoms with Gasteiger partial charge in [0.05, 0.1) is 6.61 Å². The van der Waals surface area contributed by atoms with E-state index in [0.29, 0.717) is 12.6 Å². The molecule has 1 aromatic carbocycles. The molecule has 0 radical (unpaired) electrons. The number of hydrazine groups is 1. The topological polar surface area (TPSA) is 24.5 Å². The maximum absolute atomic E-state index is 5.69. The van der Waals surface area contributed by atoms with Gasteiger partial charge in [0, 0.05) is 24.7 Å². The second-order valence-corrected chi connectivity index (χ2v) is 4.87. The molecule has 0 amide bonds. The average Bonchev–Trinajstić information content (AvgIpc) is 2.41. The number of nitrogens with zero attached hydrogens (tertiary/aromatic N) is 1. The molecule has 0 bridgehead atoms. The second kappa shape index (κ2) is 6.76. The Balaban J connectivity index is 2.00. The van der Waals surface area contributed by atoms with E-state index in [-0.39, 0.29) is 0 Å². The summed E-state index contributed by atoms with van der Waals surface area (Å²) in [7, 11) is 0. The summed E-state index contributed by atoms with van der Waals surface area (Å²) in [5, 5.41) is 2.34. The van der Waals surface area contributed by atoms with Gasteiger partial charge in [-0.2, -0.15) is 0 Å². The van der Waals surface area contributed by atoms with Crippen molar-refractivity contribution >= 4 is 0 Å². The van der Waals surface area contributed by atoms with Crippen molar-refractivity contribution in [3.05, 3.63) is 29.8 Å². The Hall–Kier alpha value is -1.06. The van der Waals surface area contributed by atoms with Crippen molar-refractivity contribution in [3.8, 4) is 5.75 Å². The number of ether oxygens (including phenoxy) is 1. The molecule has 1 aliphatic heterocycles. The average molecular weight is 248 g/mol. The first-order valence-corrected chi connectivity index (χ1v) is 7.04. The molecule has 3 heteroatoms. The third-order valence-corrected chi connectivity index (χ3v) is 3.42. The van der Waals surface area contributed by atoms with E-state index < -0.39 is 0 Å². The highest BCUT2D eigenvalue weighted by Gasteiger charge is 2.16.